The maximum Gasteiger partial charge on any atom is 0.272 e. The minimum atomic E-state index is -1.34. The van der Waals surface area contributed by atoms with Crippen LogP contribution in [0.25, 0.3) is 0 Å². The molecule has 202 valence electrons. The number of hydrogen-bond donors (Lipinski definition) is 2. The number of hydrogen-bond acceptors (Lipinski definition) is 7. The molecule has 2 N–H and O–H groups in total. The fourth-order valence-electron chi connectivity index (χ4n) is 3.96. The Hall–Kier alpha value is -4.18. The number of aromatic nitrogens is 1. The molecule has 0 fully saturated rings. The normalized spacial score (nSPS) is 16.0. The molecule has 0 aliphatic carbocycles. The maximum absolute atomic E-state index is 13.9. The Balaban J connectivity index is 1.66. The van der Waals surface area contributed by atoms with Gasteiger partial charge in [-0.25, -0.2) is 4.99 Å². The molecule has 3 aromatic rings. The number of carbonyl (C=O) groups is 4. The van der Waals surface area contributed by atoms with Crippen molar-refractivity contribution in [3.05, 3.63) is 82.3 Å². The van der Waals surface area contributed by atoms with Crippen LogP contribution in [0.2, 0.25) is 0 Å². The van der Waals surface area contributed by atoms with E-state index in [2.05, 4.69) is 20.6 Å². The van der Waals surface area contributed by atoms with E-state index in [0.717, 1.165) is 4.88 Å². The summed E-state index contributed by atoms with van der Waals surface area (Å²) in [5, 5.41) is 7.23. The zero-order chi connectivity index (χ0) is 28.2. The Bertz CT molecular complexity index is 1400. The van der Waals surface area contributed by atoms with Crippen molar-refractivity contribution in [3.63, 3.8) is 0 Å². The van der Waals surface area contributed by atoms with Gasteiger partial charge in [0.05, 0.1) is 30.1 Å². The first kappa shape index (κ1) is 27.8. The van der Waals surface area contributed by atoms with E-state index in [-0.39, 0.29) is 24.7 Å². The molecule has 0 bridgehead atoms. The van der Waals surface area contributed by atoms with Gasteiger partial charge in [-0.3, -0.25) is 24.2 Å². The van der Waals surface area contributed by atoms with Gasteiger partial charge < -0.3 is 15.5 Å². The van der Waals surface area contributed by atoms with Gasteiger partial charge in [-0.15, -0.1) is 11.3 Å². The molecule has 4 rings (SSSR count). The van der Waals surface area contributed by atoms with Crippen LogP contribution in [0.4, 0.5) is 5.69 Å². The molecule has 39 heavy (non-hydrogen) atoms. The second-order valence-electron chi connectivity index (χ2n) is 10.3. The first-order valence-corrected chi connectivity index (χ1v) is 13.5. The molecule has 2 aromatic heterocycles. The predicted molar refractivity (Wildman–Crippen MR) is 151 cm³/mol. The number of pyridine rings is 1. The smallest absolute Gasteiger partial charge is 0.272 e. The monoisotopic (exact) mass is 545 g/mol. The van der Waals surface area contributed by atoms with Gasteiger partial charge in [0, 0.05) is 22.1 Å². The third-order valence-electron chi connectivity index (χ3n) is 6.22. The molecule has 10 heteroatoms. The van der Waals surface area contributed by atoms with Gasteiger partial charge in [-0.05, 0) is 36.6 Å². The van der Waals surface area contributed by atoms with Crippen LogP contribution < -0.4 is 15.5 Å². The zero-order valence-electron chi connectivity index (χ0n) is 22.3. The molecule has 0 saturated carbocycles. The number of aliphatic imine (C=N–C) groups is 1. The molecule has 0 saturated heterocycles. The lowest BCUT2D eigenvalue weighted by Crippen LogP contribution is -2.54. The topological polar surface area (TPSA) is 121 Å². The fraction of sp³-hybridized carbons (Fsp3) is 0.310. The summed E-state index contributed by atoms with van der Waals surface area (Å²) in [6.07, 6.45) is 0.427. The van der Waals surface area contributed by atoms with E-state index < -0.39 is 29.4 Å². The Morgan fingerprint density at radius 3 is 2.46 bits per heavy atom. The predicted octanol–water partition coefficient (Wildman–Crippen LogP) is 3.13. The average Bonchev–Trinajstić information content (AvgIpc) is 3.38. The van der Waals surface area contributed by atoms with Crippen LogP contribution in [-0.2, 0) is 25.6 Å². The molecule has 3 heterocycles. The molecule has 1 aliphatic rings. The molecule has 3 amide bonds. The molecule has 2 atom stereocenters. The Kier molecular flexibility index (Phi) is 8.35. The lowest BCUT2D eigenvalue weighted by molar-refractivity contribution is -0.131. The summed E-state index contributed by atoms with van der Waals surface area (Å²) in [5.41, 5.74) is 1.34. The average molecular weight is 546 g/mol. The second-order valence-corrected chi connectivity index (χ2v) is 11.3. The molecular weight excluding hydrogens is 514 g/mol. The van der Waals surface area contributed by atoms with E-state index in [0.29, 0.717) is 22.7 Å². The standard InChI is InChI=1S/C29H31N5O4S/c1-18(31-24(36)16-19-10-9-15-39-19)27(37)33-26-28(38)34(17-23(35)29(2,3)4)22-13-6-5-11-20(22)25(32-26)21-12-7-8-14-30-21/h5-15,18,26H,16-17H2,1-4H3,(H,31,36)(H,33,37)/t18-,26?/m0/s1. The maximum atomic E-state index is 13.9. The molecular formula is C29H31N5O4S. The van der Waals surface area contributed by atoms with Crippen molar-refractivity contribution in [1.29, 1.82) is 0 Å². The van der Waals surface area contributed by atoms with Crippen molar-refractivity contribution in [2.75, 3.05) is 11.4 Å². The SMILES string of the molecule is C[C@H](NC(=O)Cc1cccs1)C(=O)NC1N=C(c2ccccn2)c2ccccc2N(CC(=O)C(C)(C)C)C1=O. The molecule has 1 aliphatic heterocycles. The minimum absolute atomic E-state index is 0.147. The summed E-state index contributed by atoms with van der Waals surface area (Å²) in [7, 11) is 0. The van der Waals surface area contributed by atoms with Crippen LogP contribution in [0.5, 0.6) is 0 Å². The number of thiophene rings is 1. The number of ketones is 1. The van der Waals surface area contributed by atoms with Gasteiger partial charge in [0.2, 0.25) is 18.0 Å². The number of rotatable bonds is 8. The summed E-state index contributed by atoms with van der Waals surface area (Å²) in [4.78, 5) is 63.9. The number of nitrogens with one attached hydrogen (secondary N) is 2. The Morgan fingerprint density at radius 2 is 1.79 bits per heavy atom. The molecule has 0 radical (unpaired) electrons. The fourth-order valence-corrected chi connectivity index (χ4v) is 4.67. The van der Waals surface area contributed by atoms with Crippen LogP contribution in [-0.4, -0.2) is 53.0 Å². The van der Waals surface area contributed by atoms with Crippen molar-refractivity contribution in [3.8, 4) is 0 Å². The van der Waals surface area contributed by atoms with Crippen molar-refractivity contribution >= 4 is 46.2 Å². The minimum Gasteiger partial charge on any atom is -0.344 e. The van der Waals surface area contributed by atoms with Gasteiger partial charge in [0.15, 0.2) is 5.78 Å². The Labute approximate surface area is 231 Å². The van der Waals surface area contributed by atoms with Gasteiger partial charge in [-0.1, -0.05) is 51.1 Å². The summed E-state index contributed by atoms with van der Waals surface area (Å²) in [5.74, 6) is -1.59. The molecule has 9 nitrogen and oxygen atoms in total. The van der Waals surface area contributed by atoms with E-state index >= 15 is 0 Å². The number of fused-ring (bicyclic) bond motifs is 1. The van der Waals surface area contributed by atoms with Gasteiger partial charge in [-0.2, -0.15) is 0 Å². The quantitative estimate of drug-likeness (QED) is 0.451. The van der Waals surface area contributed by atoms with Crippen molar-refractivity contribution in [2.45, 2.75) is 46.3 Å². The van der Waals surface area contributed by atoms with Crippen molar-refractivity contribution in [2.24, 2.45) is 10.4 Å². The van der Waals surface area contributed by atoms with E-state index in [1.165, 1.54) is 16.2 Å². The first-order chi connectivity index (χ1) is 18.5. The summed E-state index contributed by atoms with van der Waals surface area (Å²) in [6, 6.07) is 15.3. The third kappa shape index (κ3) is 6.64. The van der Waals surface area contributed by atoms with E-state index in [4.69, 9.17) is 0 Å². The van der Waals surface area contributed by atoms with Gasteiger partial charge in [0.25, 0.3) is 5.91 Å². The van der Waals surface area contributed by atoms with Crippen LogP contribution in [0.3, 0.4) is 0 Å². The lowest BCUT2D eigenvalue weighted by Gasteiger charge is -2.28. The molecule has 0 spiro atoms. The number of Topliss-reactive ketones (excluding diaryl/α,β-unsaturated/α-hetero) is 1. The number of para-hydroxylation sites is 1. The number of anilines is 1. The number of carbonyl (C=O) groups excluding carboxylic acids is 4. The number of benzodiazepines with no additional fused rings is 1. The third-order valence-corrected chi connectivity index (χ3v) is 7.09. The molecule has 1 aromatic carbocycles. The van der Waals surface area contributed by atoms with Crippen molar-refractivity contribution in [1.82, 2.24) is 15.6 Å². The highest BCUT2D eigenvalue weighted by molar-refractivity contribution is 7.10. The van der Waals surface area contributed by atoms with E-state index in [1.807, 2.05) is 29.6 Å². The molecule has 1 unspecified atom stereocenters. The highest BCUT2D eigenvalue weighted by Gasteiger charge is 2.36. The van der Waals surface area contributed by atoms with Crippen LogP contribution in [0.1, 0.15) is 43.8 Å². The van der Waals surface area contributed by atoms with Crippen molar-refractivity contribution < 1.29 is 19.2 Å². The van der Waals surface area contributed by atoms with Crippen LogP contribution in [0, 0.1) is 5.41 Å². The summed E-state index contributed by atoms with van der Waals surface area (Å²) < 4.78 is 0. The highest BCUT2D eigenvalue weighted by atomic mass is 32.1. The number of amides is 3. The number of benzene rings is 1. The van der Waals surface area contributed by atoms with E-state index in [9.17, 15) is 19.2 Å². The highest BCUT2D eigenvalue weighted by Crippen LogP contribution is 2.29. The largest absolute Gasteiger partial charge is 0.344 e. The zero-order valence-corrected chi connectivity index (χ0v) is 23.1. The number of nitrogens with zero attached hydrogens (tertiary/aromatic N) is 3. The summed E-state index contributed by atoms with van der Waals surface area (Å²) >= 11 is 1.45. The van der Waals surface area contributed by atoms with Gasteiger partial charge in [0.1, 0.15) is 6.04 Å². The Morgan fingerprint density at radius 1 is 1.05 bits per heavy atom. The van der Waals surface area contributed by atoms with Crippen LogP contribution >= 0.6 is 11.3 Å². The second kappa shape index (κ2) is 11.7. The van der Waals surface area contributed by atoms with Crippen LogP contribution in [0.15, 0.2) is 71.2 Å². The summed E-state index contributed by atoms with van der Waals surface area (Å²) in [6.45, 7) is 6.73. The lowest BCUT2D eigenvalue weighted by atomic mass is 9.90. The van der Waals surface area contributed by atoms with E-state index in [1.54, 1.807) is 64.2 Å². The first-order valence-electron chi connectivity index (χ1n) is 12.6. The van der Waals surface area contributed by atoms with Gasteiger partial charge >= 0.3 is 0 Å².